The standard InChI is InChI=1S/C74H92ClN7O17/c1-45-19-17-27-62(93-10)74(92)42-61(97-71(90)77-74)47(3)69-73(5,99-69)63(41-66(86)80(8)59-39-49(37-45)38-46(2)68(59)75)98-70(89)48(4)79(7)65(85)31-34-95-36-35-94-33-18-26-60(83)57(28-29-67(87)88)76-64(84)30-32-82-51(40-50-20-11-16-25-58(50)82)43-78(6)81(9)72(91)96-44-56-54-23-14-12-21-52(54)53-22-13-15-24-55(53)56/h11-17,19-25,27,38-40,47-48,56-57,61-63,69,92H,18,26,28-37,41-44H2,1-10H3,(H,76,84)(H,77,90)(H,87,88)/b27-17+,45-19+/t47-,48+,57+,61+,62-,63+,69?,73+,74-/m1/s1. The number of carbonyl (C=O) groups excluding carboxylic acids is 7. The van der Waals surface area contributed by atoms with Gasteiger partial charge in [-0.15, -0.1) is 0 Å². The van der Waals surface area contributed by atoms with Crippen LogP contribution in [0.15, 0.2) is 115 Å². The van der Waals surface area contributed by atoms with Crippen molar-refractivity contribution >= 4 is 75.8 Å². The molecule has 0 spiro atoms. The molecular formula is C74H92ClN7O17. The number of likely N-dealkylation sites (N-methyl/N-ethyl adjacent to an activating group) is 1. The lowest BCUT2D eigenvalue weighted by molar-refractivity contribution is -0.162. The number of rotatable bonds is 27. The molecule has 0 saturated carbocycles. The molecule has 1 aliphatic carbocycles. The van der Waals surface area contributed by atoms with Crippen molar-refractivity contribution < 1.29 is 81.7 Å². The number of halogens is 1. The molecule has 4 aromatic carbocycles. The largest absolute Gasteiger partial charge is 0.481 e. The molecule has 4 N–H and O–H groups in total. The van der Waals surface area contributed by atoms with Crippen LogP contribution in [0, 0.1) is 12.8 Å². The first-order valence-electron chi connectivity index (χ1n) is 33.5. The van der Waals surface area contributed by atoms with Gasteiger partial charge in [0.1, 0.15) is 36.6 Å². The van der Waals surface area contributed by atoms with Crippen molar-refractivity contribution in [1.82, 2.24) is 30.1 Å². The monoisotopic (exact) mass is 1390 g/mol. The molecule has 1 unspecified atom stereocenters. The second kappa shape index (κ2) is 33.1. The normalized spacial score (nSPS) is 22.9. The SMILES string of the molecule is CO[C@@H]1/C=C/C=C(\C)Cc2cc(C)c(Cl)c(c2)N(C)C(=O)C[C@H](OC(=O)[C@H](C)N(C)C(=O)CCOCCOCCCC(=O)[C@H](CCC(=O)O)NC(=O)CCn2c(CN(C)N(C)C(=O)OCC3c4ccccc4-c4ccccc43)cc3ccccc32)[C@]2(C)OC2[C@H](C)[C@@H]2C[C@]1(O)NC(=O)O2. The first-order valence-corrected chi connectivity index (χ1v) is 33.9. The molecule has 4 heterocycles. The summed E-state index contributed by atoms with van der Waals surface area (Å²) in [5.74, 6) is -4.30. The van der Waals surface area contributed by atoms with E-state index in [-0.39, 0.29) is 109 Å². The molecule has 4 bridgehead atoms. The van der Waals surface area contributed by atoms with Crippen LogP contribution in [0.1, 0.15) is 113 Å². The Labute approximate surface area is 582 Å². The quantitative estimate of drug-likeness (QED) is 0.0125. The Morgan fingerprint density at radius 3 is 2.25 bits per heavy atom. The smallest absolute Gasteiger partial charge is 0.424 e. The van der Waals surface area contributed by atoms with E-state index in [0.717, 1.165) is 55.6 Å². The summed E-state index contributed by atoms with van der Waals surface area (Å²) in [6.07, 6.45) is -0.263. The molecule has 4 aliphatic rings. The number of hydrazine groups is 1. The molecule has 5 aromatic rings. The fourth-order valence-electron chi connectivity index (χ4n) is 13.3. The fourth-order valence-corrected chi connectivity index (χ4v) is 13.6. The zero-order valence-electron chi connectivity index (χ0n) is 58.0. The van der Waals surface area contributed by atoms with E-state index in [1.165, 1.54) is 35.9 Å². The van der Waals surface area contributed by atoms with Crippen LogP contribution in [-0.4, -0.2) is 193 Å². The topological polar surface area (TPSA) is 287 Å². The van der Waals surface area contributed by atoms with Crippen molar-refractivity contribution in [3.05, 3.63) is 148 Å². The van der Waals surface area contributed by atoms with E-state index >= 15 is 0 Å². The Morgan fingerprint density at radius 1 is 0.879 bits per heavy atom. The van der Waals surface area contributed by atoms with Crippen LogP contribution in [0.5, 0.6) is 0 Å². The lowest BCUT2D eigenvalue weighted by Crippen LogP contribution is -2.63. The predicted molar refractivity (Wildman–Crippen MR) is 369 cm³/mol. The number of carbonyl (C=O) groups is 8. The first kappa shape index (κ1) is 74.7. The summed E-state index contributed by atoms with van der Waals surface area (Å²) in [5.41, 5.74) is 5.97. The lowest BCUT2D eigenvalue weighted by atomic mass is 9.83. The number of hydrogen-bond donors (Lipinski definition) is 4. The molecule has 24 nitrogen and oxygen atoms in total. The van der Waals surface area contributed by atoms with E-state index in [4.69, 9.17) is 44.8 Å². The first-order chi connectivity index (χ1) is 47.2. The van der Waals surface area contributed by atoms with Crippen LogP contribution >= 0.6 is 11.6 Å². The summed E-state index contributed by atoms with van der Waals surface area (Å²) in [7, 11) is 7.87. The van der Waals surface area contributed by atoms with Gasteiger partial charge in [0.05, 0.1) is 62.1 Å². The van der Waals surface area contributed by atoms with Crippen LogP contribution in [0.2, 0.25) is 5.02 Å². The van der Waals surface area contributed by atoms with E-state index < -0.39 is 95.6 Å². The van der Waals surface area contributed by atoms with Crippen LogP contribution in [-0.2, 0) is 81.4 Å². The average molecular weight is 1390 g/mol. The minimum Gasteiger partial charge on any atom is -0.481 e. The van der Waals surface area contributed by atoms with Gasteiger partial charge in [-0.05, 0) is 104 Å². The van der Waals surface area contributed by atoms with Crippen LogP contribution in [0.4, 0.5) is 15.3 Å². The number of carboxylic acid groups (broad SMARTS) is 1. The number of alkyl carbamates (subject to hydrolysis) is 1. The number of fused-ring (bicyclic) bond motifs is 9. The highest BCUT2D eigenvalue weighted by Gasteiger charge is 2.64. The number of aromatic nitrogens is 1. The third-order valence-corrected chi connectivity index (χ3v) is 19.9. The highest BCUT2D eigenvalue weighted by atomic mass is 35.5. The van der Waals surface area contributed by atoms with E-state index in [2.05, 4.69) is 34.9 Å². The number of ether oxygens (including phenoxy) is 7. The molecule has 9 atom stereocenters. The van der Waals surface area contributed by atoms with Gasteiger partial charge in [0.25, 0.3) is 0 Å². The third-order valence-electron chi connectivity index (χ3n) is 19.4. The number of nitrogens with zero attached hydrogens (tertiary/aromatic N) is 5. The number of hydrogen-bond acceptors (Lipinski definition) is 17. The van der Waals surface area contributed by atoms with Crippen molar-refractivity contribution in [2.75, 3.05) is 73.2 Å². The molecule has 2 fully saturated rings. The van der Waals surface area contributed by atoms with Crippen molar-refractivity contribution in [3.63, 3.8) is 0 Å². The highest BCUT2D eigenvalue weighted by molar-refractivity contribution is 6.34. The Morgan fingerprint density at radius 2 is 1.56 bits per heavy atom. The van der Waals surface area contributed by atoms with E-state index in [0.29, 0.717) is 17.1 Å². The molecular weight excluding hydrogens is 1290 g/mol. The van der Waals surface area contributed by atoms with Crippen molar-refractivity contribution in [2.45, 2.75) is 159 Å². The van der Waals surface area contributed by atoms with E-state index in [9.17, 15) is 48.6 Å². The zero-order valence-corrected chi connectivity index (χ0v) is 58.7. The summed E-state index contributed by atoms with van der Waals surface area (Å²) < 4.78 is 43.3. The maximum Gasteiger partial charge on any atom is 0.424 e. The molecule has 0 radical (unpaired) electrons. The number of aliphatic hydroxyl groups is 1. The minimum atomic E-state index is -1.88. The molecule has 5 amide bonds. The Kier molecular flexibility index (Phi) is 25.0. The van der Waals surface area contributed by atoms with E-state index in [1.54, 1.807) is 52.2 Å². The average Bonchev–Trinajstić information content (AvgIpc) is 1.58. The number of anilines is 1. The Bertz CT molecular complexity index is 3810. The predicted octanol–water partition coefficient (Wildman–Crippen LogP) is 9.21. The van der Waals surface area contributed by atoms with Crippen molar-refractivity contribution in [1.29, 1.82) is 0 Å². The lowest BCUT2D eigenvalue weighted by Gasteiger charge is -2.42. The molecule has 25 heteroatoms. The molecule has 2 saturated heterocycles. The Hall–Kier alpha value is -8.49. The summed E-state index contributed by atoms with van der Waals surface area (Å²) >= 11 is 6.86. The number of aryl methyl sites for hydroxylation is 2. The maximum atomic E-state index is 14.4. The Balaban J connectivity index is 0.722. The van der Waals surface area contributed by atoms with Gasteiger partial charge >= 0.3 is 24.1 Å². The number of allylic oxidation sites excluding steroid dienone is 3. The zero-order chi connectivity index (χ0) is 71.5. The summed E-state index contributed by atoms with van der Waals surface area (Å²) in [5, 5.41) is 31.2. The van der Waals surface area contributed by atoms with Crippen LogP contribution in [0.3, 0.4) is 0 Å². The van der Waals surface area contributed by atoms with Gasteiger partial charge in [-0.3, -0.25) is 29.3 Å². The number of esters is 1. The third kappa shape index (κ3) is 18.1. The number of carboxylic acids is 1. The van der Waals surface area contributed by atoms with Gasteiger partial charge in [-0.25, -0.2) is 24.4 Å². The molecule has 1 aromatic heterocycles. The number of methoxy groups -OCH3 is 1. The fraction of sp³-hybridized carbons (Fsp3) is 0.486. The van der Waals surface area contributed by atoms with Crippen LogP contribution in [0.25, 0.3) is 22.0 Å². The van der Waals surface area contributed by atoms with Gasteiger partial charge in [-0.1, -0.05) is 115 Å². The molecule has 9 rings (SSSR count). The summed E-state index contributed by atoms with van der Waals surface area (Å²) in [6, 6.07) is 27.5. The van der Waals surface area contributed by atoms with Gasteiger partial charge in [0.15, 0.2) is 11.5 Å². The van der Waals surface area contributed by atoms with Gasteiger partial charge in [0, 0.05) is 97.2 Å². The maximum absolute atomic E-state index is 14.4. The van der Waals surface area contributed by atoms with Gasteiger partial charge in [0.2, 0.25) is 17.7 Å². The second-order valence-electron chi connectivity index (χ2n) is 26.4. The number of amides is 5. The number of aliphatic carboxylic acids is 1. The number of Topliss-reactive ketones (excluding diaryl/α,β-unsaturated/α-hetero) is 1. The summed E-state index contributed by atoms with van der Waals surface area (Å²) in [4.78, 5) is 110. The van der Waals surface area contributed by atoms with Gasteiger partial charge < -0.3 is 63.1 Å². The highest BCUT2D eigenvalue weighted by Crippen LogP contribution is 2.50. The number of nitrogens with one attached hydrogen (secondary N) is 2. The molecule has 3 aliphatic heterocycles. The number of ketones is 1. The van der Waals surface area contributed by atoms with Crippen LogP contribution < -0.4 is 15.5 Å². The number of benzene rings is 4. The molecule has 99 heavy (non-hydrogen) atoms. The van der Waals surface area contributed by atoms with Gasteiger partial charge in [-0.2, -0.15) is 0 Å². The molecule has 532 valence electrons. The number of para-hydroxylation sites is 1. The van der Waals surface area contributed by atoms with E-state index in [1.807, 2.05) is 91.2 Å². The van der Waals surface area contributed by atoms with Crippen molar-refractivity contribution in [2.24, 2.45) is 5.92 Å². The minimum absolute atomic E-state index is 0.00161. The second-order valence-corrected chi connectivity index (χ2v) is 26.7. The summed E-state index contributed by atoms with van der Waals surface area (Å²) in [6.45, 7) is 9.75. The van der Waals surface area contributed by atoms with Crippen molar-refractivity contribution in [3.8, 4) is 11.1 Å². The number of epoxide rings is 1.